The van der Waals surface area contributed by atoms with E-state index in [4.69, 9.17) is 10.9 Å². The molecule has 0 radical (unpaired) electrons. The van der Waals surface area contributed by atoms with Gasteiger partial charge in [-0.05, 0) is 30.4 Å². The molecule has 0 fully saturated rings. The van der Waals surface area contributed by atoms with Crippen molar-refractivity contribution in [3.8, 4) is 0 Å². The number of nitrogens with zero attached hydrogens (tertiary/aromatic N) is 2. The maximum atomic E-state index is 12.4. The number of hydrogen-bond donors (Lipinski definition) is 1. The first-order valence-corrected chi connectivity index (χ1v) is 9.17. The fourth-order valence-electron chi connectivity index (χ4n) is 3.08. The summed E-state index contributed by atoms with van der Waals surface area (Å²) < 4.78 is 0. The van der Waals surface area contributed by atoms with Crippen LogP contribution in [0, 0.1) is 0 Å². The zero-order valence-corrected chi connectivity index (χ0v) is 15.3. The molecule has 1 aliphatic rings. The summed E-state index contributed by atoms with van der Waals surface area (Å²) in [6.45, 7) is 5.71. The predicted octanol–water partition coefficient (Wildman–Crippen LogP) is 2.85. The number of fused-ring (bicyclic) bond motifs is 1. The molecule has 1 aromatic rings. The van der Waals surface area contributed by atoms with Crippen LogP contribution in [0.25, 0.3) is 0 Å². The van der Waals surface area contributed by atoms with Crippen molar-refractivity contribution < 1.29 is 14.4 Å². The summed E-state index contributed by atoms with van der Waals surface area (Å²) in [6.07, 6.45) is 5.20. The minimum Gasteiger partial charge on any atom is -0.373 e. The molecular weight excluding hydrogens is 318 g/mol. The molecule has 138 valence electrons. The predicted molar refractivity (Wildman–Crippen MR) is 95.4 cm³/mol. The quantitative estimate of drug-likeness (QED) is 0.577. The van der Waals surface area contributed by atoms with Crippen LogP contribution in [-0.2, 0) is 27.4 Å². The van der Waals surface area contributed by atoms with Crippen molar-refractivity contribution in [1.29, 1.82) is 0 Å². The summed E-state index contributed by atoms with van der Waals surface area (Å²) >= 11 is 0. The fourth-order valence-corrected chi connectivity index (χ4v) is 3.08. The maximum absolute atomic E-state index is 12.4. The molecule has 2 N–H and O–H groups in total. The lowest BCUT2D eigenvalue weighted by Crippen LogP contribution is -2.36. The molecule has 6 nitrogen and oxygen atoms in total. The molecular formula is C19H29N3O3. The number of pyridine rings is 1. The van der Waals surface area contributed by atoms with Gasteiger partial charge in [0, 0.05) is 43.7 Å². The van der Waals surface area contributed by atoms with E-state index in [1.165, 1.54) is 5.56 Å². The molecule has 1 aromatic heterocycles. The number of aromatic nitrogens is 1. The lowest BCUT2D eigenvalue weighted by Gasteiger charge is -2.29. The van der Waals surface area contributed by atoms with Gasteiger partial charge in [0.05, 0.1) is 0 Å². The van der Waals surface area contributed by atoms with E-state index in [-0.39, 0.29) is 11.9 Å². The second-order valence-corrected chi connectivity index (χ2v) is 6.97. The molecule has 2 heterocycles. The lowest BCUT2D eigenvalue weighted by molar-refractivity contribution is -0.144. The minimum atomic E-state index is -0.378. The number of hydrogen-bond acceptors (Lipinski definition) is 5. The summed E-state index contributed by atoms with van der Waals surface area (Å²) in [5, 5.41) is 0. The van der Waals surface area contributed by atoms with Crippen LogP contribution in [0.4, 0.5) is 0 Å². The summed E-state index contributed by atoms with van der Waals surface area (Å²) in [5.41, 5.74) is 3.43. The first-order valence-electron chi connectivity index (χ1n) is 9.17. The van der Waals surface area contributed by atoms with Crippen molar-refractivity contribution in [2.24, 2.45) is 5.90 Å². The highest BCUT2D eigenvalue weighted by Crippen LogP contribution is 2.21. The van der Waals surface area contributed by atoms with Gasteiger partial charge >= 0.3 is 5.97 Å². The van der Waals surface area contributed by atoms with Gasteiger partial charge in [0.25, 0.3) is 0 Å². The molecule has 0 saturated carbocycles. The summed E-state index contributed by atoms with van der Waals surface area (Å²) in [6, 6.07) is 4.19. The van der Waals surface area contributed by atoms with Gasteiger partial charge in [0.2, 0.25) is 5.91 Å². The topological polar surface area (TPSA) is 85.5 Å². The third-order valence-corrected chi connectivity index (χ3v) is 4.67. The minimum absolute atomic E-state index is 0.208. The van der Waals surface area contributed by atoms with Gasteiger partial charge in [-0.15, -0.1) is 0 Å². The van der Waals surface area contributed by atoms with E-state index in [0.717, 1.165) is 50.0 Å². The average molecular weight is 347 g/mol. The van der Waals surface area contributed by atoms with Crippen molar-refractivity contribution in [2.45, 2.75) is 71.3 Å². The number of nitrogens with two attached hydrogens (primary N) is 1. The van der Waals surface area contributed by atoms with Crippen LogP contribution < -0.4 is 5.90 Å². The Morgan fingerprint density at radius 3 is 2.60 bits per heavy atom. The largest absolute Gasteiger partial charge is 0.373 e. The SMILES string of the molecule is CC(C)c1ccc2c(n1)CCN(C(=O)CCCCCCC(=O)ON)C2. The van der Waals surface area contributed by atoms with Gasteiger partial charge in [-0.2, -0.15) is 5.90 Å². The van der Waals surface area contributed by atoms with E-state index in [2.05, 4.69) is 30.8 Å². The van der Waals surface area contributed by atoms with Gasteiger partial charge in [-0.3, -0.25) is 14.6 Å². The molecule has 0 aromatic carbocycles. The highest BCUT2D eigenvalue weighted by atomic mass is 16.7. The van der Waals surface area contributed by atoms with Crippen LogP contribution >= 0.6 is 0 Å². The van der Waals surface area contributed by atoms with E-state index < -0.39 is 0 Å². The van der Waals surface area contributed by atoms with Crippen molar-refractivity contribution in [1.82, 2.24) is 9.88 Å². The van der Waals surface area contributed by atoms with Crippen LogP contribution in [-0.4, -0.2) is 28.3 Å². The van der Waals surface area contributed by atoms with Gasteiger partial charge < -0.3 is 9.74 Å². The Bertz CT molecular complexity index is 602. The smallest absolute Gasteiger partial charge is 0.324 e. The Labute approximate surface area is 149 Å². The third-order valence-electron chi connectivity index (χ3n) is 4.67. The van der Waals surface area contributed by atoms with Crippen LogP contribution in [0.5, 0.6) is 0 Å². The van der Waals surface area contributed by atoms with E-state index in [1.54, 1.807) is 0 Å². The maximum Gasteiger partial charge on any atom is 0.324 e. The Hall–Kier alpha value is -1.95. The van der Waals surface area contributed by atoms with E-state index >= 15 is 0 Å². The Morgan fingerprint density at radius 1 is 1.20 bits per heavy atom. The molecule has 0 aliphatic carbocycles. The number of unbranched alkanes of at least 4 members (excludes halogenated alkanes) is 3. The second-order valence-electron chi connectivity index (χ2n) is 6.97. The molecule has 1 amide bonds. The zero-order valence-electron chi connectivity index (χ0n) is 15.3. The standard InChI is InChI=1S/C19H29N3O3/c1-14(2)16-10-9-15-13-22(12-11-17(15)21-16)18(23)7-5-3-4-6-8-19(24)25-20/h9-10,14H,3-8,11-13,20H2,1-2H3. The van der Waals surface area contributed by atoms with E-state index in [0.29, 0.717) is 25.3 Å². The lowest BCUT2D eigenvalue weighted by atomic mass is 10.0. The number of carbonyl (C=O) groups is 2. The van der Waals surface area contributed by atoms with E-state index in [1.807, 2.05) is 4.90 Å². The third kappa shape index (κ3) is 5.81. The van der Waals surface area contributed by atoms with Crippen molar-refractivity contribution in [3.05, 3.63) is 29.1 Å². The normalized spacial score (nSPS) is 13.7. The number of carbonyl (C=O) groups excluding carboxylic acids is 2. The van der Waals surface area contributed by atoms with Crippen molar-refractivity contribution in [3.63, 3.8) is 0 Å². The zero-order chi connectivity index (χ0) is 18.2. The fraction of sp³-hybridized carbons (Fsp3) is 0.632. The Kier molecular flexibility index (Phi) is 7.37. The highest BCUT2D eigenvalue weighted by Gasteiger charge is 2.21. The summed E-state index contributed by atoms with van der Waals surface area (Å²) in [4.78, 5) is 34.1. The molecule has 1 aliphatic heterocycles. The van der Waals surface area contributed by atoms with Gasteiger partial charge in [0.1, 0.15) is 0 Å². The van der Waals surface area contributed by atoms with Crippen LogP contribution in [0.15, 0.2) is 12.1 Å². The number of rotatable bonds is 8. The molecule has 0 atom stereocenters. The second kappa shape index (κ2) is 9.51. The van der Waals surface area contributed by atoms with Gasteiger partial charge in [-0.25, -0.2) is 0 Å². The highest BCUT2D eigenvalue weighted by molar-refractivity contribution is 5.76. The Balaban J connectivity index is 1.72. The number of amides is 1. The van der Waals surface area contributed by atoms with E-state index in [9.17, 15) is 9.59 Å². The molecule has 2 rings (SSSR count). The molecule has 6 heteroatoms. The van der Waals surface area contributed by atoms with Crippen LogP contribution in [0.3, 0.4) is 0 Å². The van der Waals surface area contributed by atoms with Crippen LogP contribution in [0.1, 0.15) is 75.2 Å². The molecule has 0 unspecified atom stereocenters. The molecule has 25 heavy (non-hydrogen) atoms. The van der Waals surface area contributed by atoms with Gasteiger partial charge in [-0.1, -0.05) is 32.8 Å². The molecule has 0 spiro atoms. The first-order chi connectivity index (χ1) is 12.0. The summed E-state index contributed by atoms with van der Waals surface area (Å²) in [7, 11) is 0. The van der Waals surface area contributed by atoms with Gasteiger partial charge in [0.15, 0.2) is 0 Å². The van der Waals surface area contributed by atoms with Crippen molar-refractivity contribution in [2.75, 3.05) is 6.54 Å². The van der Waals surface area contributed by atoms with Crippen molar-refractivity contribution >= 4 is 11.9 Å². The summed E-state index contributed by atoms with van der Waals surface area (Å²) in [5.74, 6) is 5.05. The van der Waals surface area contributed by atoms with Crippen LogP contribution in [0.2, 0.25) is 0 Å². The average Bonchev–Trinajstić information content (AvgIpc) is 2.62. The molecule has 0 saturated heterocycles. The Morgan fingerprint density at radius 2 is 1.92 bits per heavy atom. The first kappa shape index (κ1) is 19.4. The molecule has 0 bridgehead atoms. The monoisotopic (exact) mass is 347 g/mol.